The number of hydrogen-bond acceptors (Lipinski definition) is 3. The zero-order valence-corrected chi connectivity index (χ0v) is 9.68. The van der Waals surface area contributed by atoms with Gasteiger partial charge in [-0.15, -0.1) is 0 Å². The molecule has 0 saturated carbocycles. The molecule has 1 amide bonds. The summed E-state index contributed by atoms with van der Waals surface area (Å²) in [6, 6.07) is 0. The largest absolute Gasteiger partial charge is 0.385 e. The molecular formula is C7H10Cl3NO3. The third-order valence-electron chi connectivity index (χ3n) is 1.97. The van der Waals surface area contributed by atoms with Crippen LogP contribution in [-0.2, 0) is 9.53 Å². The summed E-state index contributed by atoms with van der Waals surface area (Å²) in [7, 11) is 1.60. The third kappa shape index (κ3) is 2.64. The normalized spacial score (nSPS) is 26.5. The fraction of sp³-hybridized carbons (Fsp3) is 0.857. The van der Waals surface area contributed by atoms with Crippen LogP contribution in [0.25, 0.3) is 0 Å². The van der Waals surface area contributed by atoms with Crippen molar-refractivity contribution in [1.82, 2.24) is 4.90 Å². The SMILES string of the molecule is CN1CCO[C@H]([C@H](O)C(Cl)(Cl)Cl)C1=O. The quantitative estimate of drug-likeness (QED) is 0.703. The number of aliphatic hydroxyl groups excluding tert-OH is 1. The van der Waals surface area contributed by atoms with Crippen molar-refractivity contribution in [3.63, 3.8) is 0 Å². The molecule has 1 N–H and O–H groups in total. The molecule has 4 nitrogen and oxygen atoms in total. The van der Waals surface area contributed by atoms with Crippen molar-refractivity contribution in [3.05, 3.63) is 0 Å². The molecule has 1 rings (SSSR count). The van der Waals surface area contributed by atoms with E-state index in [1.165, 1.54) is 4.90 Å². The van der Waals surface area contributed by atoms with Crippen molar-refractivity contribution in [2.45, 2.75) is 16.0 Å². The van der Waals surface area contributed by atoms with Gasteiger partial charge in [-0.2, -0.15) is 0 Å². The second-order valence-electron chi connectivity index (χ2n) is 3.04. The van der Waals surface area contributed by atoms with Gasteiger partial charge in [0.25, 0.3) is 5.91 Å². The number of amides is 1. The Hall–Kier alpha value is 0.260. The minimum Gasteiger partial charge on any atom is -0.385 e. The highest BCUT2D eigenvalue weighted by Gasteiger charge is 2.44. The second-order valence-corrected chi connectivity index (χ2v) is 5.41. The fourth-order valence-electron chi connectivity index (χ4n) is 1.11. The smallest absolute Gasteiger partial charge is 0.254 e. The van der Waals surface area contributed by atoms with Crippen molar-refractivity contribution in [2.24, 2.45) is 0 Å². The van der Waals surface area contributed by atoms with Gasteiger partial charge in [-0.05, 0) is 0 Å². The molecule has 0 radical (unpaired) electrons. The molecular weight excluding hydrogens is 252 g/mol. The predicted octanol–water partition coefficient (Wildman–Crippen LogP) is 0.575. The van der Waals surface area contributed by atoms with Crippen LogP contribution in [0.4, 0.5) is 0 Å². The Morgan fingerprint density at radius 1 is 1.64 bits per heavy atom. The number of ether oxygens (including phenoxy) is 1. The first-order valence-corrected chi connectivity index (χ1v) is 5.09. The van der Waals surface area contributed by atoms with Crippen molar-refractivity contribution in [1.29, 1.82) is 0 Å². The minimum atomic E-state index is -1.92. The molecule has 1 fully saturated rings. The van der Waals surface area contributed by atoms with E-state index in [1.54, 1.807) is 7.05 Å². The third-order valence-corrected chi connectivity index (χ3v) is 2.64. The Morgan fingerprint density at radius 3 is 2.71 bits per heavy atom. The Morgan fingerprint density at radius 2 is 2.21 bits per heavy atom. The number of nitrogens with zero attached hydrogens (tertiary/aromatic N) is 1. The lowest BCUT2D eigenvalue weighted by molar-refractivity contribution is -0.160. The average molecular weight is 263 g/mol. The second kappa shape index (κ2) is 4.41. The van der Waals surface area contributed by atoms with Crippen LogP contribution in [0, 0.1) is 0 Å². The Bertz CT molecular complexity index is 231. The number of alkyl halides is 3. The molecule has 1 saturated heterocycles. The molecule has 0 aromatic rings. The van der Waals surface area contributed by atoms with Crippen molar-refractivity contribution >= 4 is 40.7 Å². The van der Waals surface area contributed by atoms with Gasteiger partial charge in [-0.1, -0.05) is 34.8 Å². The van der Waals surface area contributed by atoms with Crippen LogP contribution in [0.5, 0.6) is 0 Å². The van der Waals surface area contributed by atoms with Crippen molar-refractivity contribution in [3.8, 4) is 0 Å². The van der Waals surface area contributed by atoms with Crippen LogP contribution in [0.3, 0.4) is 0 Å². The highest BCUT2D eigenvalue weighted by Crippen LogP contribution is 2.33. The lowest BCUT2D eigenvalue weighted by Gasteiger charge is -2.34. The first-order valence-electron chi connectivity index (χ1n) is 3.95. The number of rotatable bonds is 1. The Kier molecular flexibility index (Phi) is 3.88. The van der Waals surface area contributed by atoms with Crippen molar-refractivity contribution < 1.29 is 14.6 Å². The topological polar surface area (TPSA) is 49.8 Å². The number of morpholine rings is 1. The van der Waals surface area contributed by atoms with E-state index in [4.69, 9.17) is 39.5 Å². The number of likely N-dealkylation sites (N-methyl/N-ethyl adjacent to an activating group) is 1. The van der Waals surface area contributed by atoms with Gasteiger partial charge in [-0.25, -0.2) is 0 Å². The molecule has 0 bridgehead atoms. The lowest BCUT2D eigenvalue weighted by atomic mass is 10.1. The van der Waals surface area contributed by atoms with Gasteiger partial charge in [0.1, 0.15) is 6.10 Å². The zero-order chi connectivity index (χ0) is 10.9. The molecule has 0 aromatic carbocycles. The molecule has 0 spiro atoms. The summed E-state index contributed by atoms with van der Waals surface area (Å²) in [5, 5.41) is 9.53. The van der Waals surface area contributed by atoms with Gasteiger partial charge < -0.3 is 14.7 Å². The van der Waals surface area contributed by atoms with Gasteiger partial charge >= 0.3 is 0 Å². The van der Waals surface area contributed by atoms with Crippen LogP contribution in [0.15, 0.2) is 0 Å². The first-order chi connectivity index (χ1) is 6.34. The zero-order valence-electron chi connectivity index (χ0n) is 7.41. The van der Waals surface area contributed by atoms with Gasteiger partial charge in [0.2, 0.25) is 3.79 Å². The maximum atomic E-state index is 11.5. The number of carbonyl (C=O) groups is 1. The van der Waals surface area contributed by atoms with E-state index in [-0.39, 0.29) is 5.91 Å². The van der Waals surface area contributed by atoms with Crippen LogP contribution in [0.1, 0.15) is 0 Å². The summed E-state index contributed by atoms with van der Waals surface area (Å²) in [6.45, 7) is 0.798. The average Bonchev–Trinajstić information content (AvgIpc) is 2.07. The molecule has 82 valence electrons. The molecule has 7 heteroatoms. The van der Waals surface area contributed by atoms with E-state index in [2.05, 4.69) is 0 Å². The number of hydrogen-bond donors (Lipinski definition) is 1. The summed E-state index contributed by atoms with van der Waals surface area (Å²) in [4.78, 5) is 12.9. The maximum Gasteiger partial charge on any atom is 0.254 e. The van der Waals surface area contributed by atoms with Crippen LogP contribution in [0.2, 0.25) is 0 Å². The maximum absolute atomic E-state index is 11.5. The van der Waals surface area contributed by atoms with Crippen LogP contribution in [-0.4, -0.2) is 52.1 Å². The van der Waals surface area contributed by atoms with E-state index < -0.39 is 16.0 Å². The van der Waals surface area contributed by atoms with Crippen LogP contribution < -0.4 is 0 Å². The van der Waals surface area contributed by atoms with Gasteiger partial charge in [0.05, 0.1) is 6.61 Å². The summed E-state index contributed by atoms with van der Waals surface area (Å²) in [6.07, 6.45) is -2.55. The highest BCUT2D eigenvalue weighted by molar-refractivity contribution is 6.68. The summed E-state index contributed by atoms with van der Waals surface area (Å²) >= 11 is 16.4. The van der Waals surface area contributed by atoms with E-state index in [0.717, 1.165) is 0 Å². The molecule has 1 aliphatic heterocycles. The monoisotopic (exact) mass is 261 g/mol. The Balaban J connectivity index is 2.72. The van der Waals surface area contributed by atoms with E-state index in [1.807, 2.05) is 0 Å². The first kappa shape index (κ1) is 12.3. The molecule has 0 aliphatic carbocycles. The molecule has 1 aliphatic rings. The van der Waals surface area contributed by atoms with Crippen LogP contribution >= 0.6 is 34.8 Å². The van der Waals surface area contributed by atoms with E-state index >= 15 is 0 Å². The number of aliphatic hydroxyl groups is 1. The Labute approximate surface area is 96.7 Å². The lowest BCUT2D eigenvalue weighted by Crippen LogP contribution is -2.54. The standard InChI is InChI=1S/C7H10Cl3NO3/c1-11-2-3-14-4(6(11)13)5(12)7(8,9)10/h4-5,12H,2-3H2,1H3/t4-,5+/m1/s1. The van der Waals surface area contributed by atoms with Gasteiger partial charge in [0, 0.05) is 13.6 Å². The minimum absolute atomic E-state index is 0.324. The predicted molar refractivity (Wildman–Crippen MR) is 53.7 cm³/mol. The molecule has 2 atom stereocenters. The van der Waals surface area contributed by atoms with E-state index in [0.29, 0.717) is 13.2 Å². The number of carbonyl (C=O) groups excluding carboxylic acids is 1. The van der Waals surface area contributed by atoms with Gasteiger partial charge in [0.15, 0.2) is 6.10 Å². The summed E-state index contributed by atoms with van der Waals surface area (Å²) in [5.41, 5.74) is 0. The summed E-state index contributed by atoms with van der Waals surface area (Å²) < 4.78 is 3.14. The van der Waals surface area contributed by atoms with Gasteiger partial charge in [-0.3, -0.25) is 4.79 Å². The summed E-state index contributed by atoms with van der Waals surface area (Å²) in [5.74, 6) is -0.380. The molecule has 0 aromatic heterocycles. The fourth-order valence-corrected chi connectivity index (χ4v) is 1.46. The van der Waals surface area contributed by atoms with Crippen molar-refractivity contribution in [2.75, 3.05) is 20.2 Å². The molecule has 14 heavy (non-hydrogen) atoms. The number of halogens is 3. The van der Waals surface area contributed by atoms with E-state index in [9.17, 15) is 9.90 Å². The molecule has 0 unspecified atom stereocenters. The highest BCUT2D eigenvalue weighted by atomic mass is 35.6. The molecule has 1 heterocycles.